The standard InChI is InChI=1S/C19H27NO5/c1-12-6-5-7-15(13(12)2)20-18(21)11-25-19(22)14-8-9-16(23-3)17(10-14)24-4/h8-10,12-13,15H,5-7,11H2,1-4H3,(H,20,21)/t12-,13+,15-/m1/s1. The first-order valence-corrected chi connectivity index (χ1v) is 8.64. The van der Waals surface area contributed by atoms with Gasteiger partial charge in [0.05, 0.1) is 19.8 Å². The summed E-state index contributed by atoms with van der Waals surface area (Å²) in [4.78, 5) is 24.2. The second-order valence-corrected chi connectivity index (χ2v) is 6.59. The number of carbonyl (C=O) groups excluding carboxylic acids is 2. The third-order valence-corrected chi connectivity index (χ3v) is 5.01. The van der Waals surface area contributed by atoms with Gasteiger partial charge in [0, 0.05) is 6.04 Å². The zero-order chi connectivity index (χ0) is 18.4. The number of ether oxygens (including phenoxy) is 3. The maximum atomic E-state index is 12.1. The normalized spacial score (nSPS) is 22.8. The van der Waals surface area contributed by atoms with Crippen LogP contribution in [-0.2, 0) is 9.53 Å². The van der Waals surface area contributed by atoms with E-state index in [-0.39, 0.29) is 18.6 Å². The van der Waals surface area contributed by atoms with Gasteiger partial charge in [-0.15, -0.1) is 0 Å². The molecule has 6 nitrogen and oxygen atoms in total. The van der Waals surface area contributed by atoms with Crippen LogP contribution in [0.3, 0.4) is 0 Å². The van der Waals surface area contributed by atoms with Crippen molar-refractivity contribution >= 4 is 11.9 Å². The number of benzene rings is 1. The molecule has 138 valence electrons. The minimum atomic E-state index is -0.568. The molecule has 2 rings (SSSR count). The molecule has 0 spiro atoms. The van der Waals surface area contributed by atoms with Gasteiger partial charge in [0.2, 0.25) is 0 Å². The van der Waals surface area contributed by atoms with Gasteiger partial charge in [-0.2, -0.15) is 0 Å². The van der Waals surface area contributed by atoms with Crippen molar-refractivity contribution in [1.82, 2.24) is 5.32 Å². The lowest BCUT2D eigenvalue weighted by Crippen LogP contribution is -2.45. The van der Waals surface area contributed by atoms with Gasteiger partial charge < -0.3 is 19.5 Å². The minimum Gasteiger partial charge on any atom is -0.493 e. The summed E-state index contributed by atoms with van der Waals surface area (Å²) >= 11 is 0. The third kappa shape index (κ3) is 4.87. The number of methoxy groups -OCH3 is 2. The van der Waals surface area contributed by atoms with Crippen molar-refractivity contribution in [1.29, 1.82) is 0 Å². The zero-order valence-corrected chi connectivity index (χ0v) is 15.3. The number of hydrogen-bond acceptors (Lipinski definition) is 5. The molecule has 0 aromatic heterocycles. The van der Waals surface area contributed by atoms with Crippen LogP contribution in [0.1, 0.15) is 43.5 Å². The van der Waals surface area contributed by atoms with Crippen LogP contribution < -0.4 is 14.8 Å². The molecule has 3 atom stereocenters. The lowest BCUT2D eigenvalue weighted by Gasteiger charge is -2.34. The fourth-order valence-electron chi connectivity index (χ4n) is 3.21. The minimum absolute atomic E-state index is 0.149. The largest absolute Gasteiger partial charge is 0.493 e. The Morgan fingerprint density at radius 3 is 2.52 bits per heavy atom. The Kier molecular flexibility index (Phi) is 6.67. The third-order valence-electron chi connectivity index (χ3n) is 5.01. The molecule has 0 unspecified atom stereocenters. The number of carbonyl (C=O) groups is 2. The van der Waals surface area contributed by atoms with Gasteiger partial charge in [-0.05, 0) is 36.5 Å². The molecule has 0 heterocycles. The SMILES string of the molecule is COc1ccc(C(=O)OCC(=O)N[C@@H]2CCC[C@@H](C)[C@@H]2C)cc1OC. The first-order chi connectivity index (χ1) is 12.0. The number of rotatable bonds is 6. The van der Waals surface area contributed by atoms with Crippen molar-refractivity contribution in [2.75, 3.05) is 20.8 Å². The number of amides is 1. The predicted molar refractivity (Wildman–Crippen MR) is 93.9 cm³/mol. The first-order valence-electron chi connectivity index (χ1n) is 8.64. The van der Waals surface area contributed by atoms with Crippen molar-refractivity contribution in [3.8, 4) is 11.5 Å². The summed E-state index contributed by atoms with van der Waals surface area (Å²) in [5, 5.41) is 2.99. The van der Waals surface area contributed by atoms with Gasteiger partial charge in [0.1, 0.15) is 0 Å². The monoisotopic (exact) mass is 349 g/mol. The van der Waals surface area contributed by atoms with Crippen molar-refractivity contribution in [2.45, 2.75) is 39.2 Å². The van der Waals surface area contributed by atoms with Gasteiger partial charge in [0.15, 0.2) is 18.1 Å². The summed E-state index contributed by atoms with van der Waals surface area (Å²) in [6.45, 7) is 4.08. The van der Waals surface area contributed by atoms with E-state index in [1.54, 1.807) is 12.1 Å². The zero-order valence-electron chi connectivity index (χ0n) is 15.3. The highest BCUT2D eigenvalue weighted by atomic mass is 16.5. The molecule has 1 aromatic rings. The van der Waals surface area contributed by atoms with Gasteiger partial charge >= 0.3 is 5.97 Å². The van der Waals surface area contributed by atoms with E-state index in [9.17, 15) is 9.59 Å². The second kappa shape index (κ2) is 8.74. The van der Waals surface area contributed by atoms with Gasteiger partial charge in [0.25, 0.3) is 5.91 Å². The summed E-state index contributed by atoms with van der Waals surface area (Å²) in [6.07, 6.45) is 3.28. The Labute approximate surface area is 148 Å². The highest BCUT2D eigenvalue weighted by Crippen LogP contribution is 2.29. The van der Waals surface area contributed by atoms with E-state index in [0.717, 1.165) is 12.8 Å². The molecule has 25 heavy (non-hydrogen) atoms. The second-order valence-electron chi connectivity index (χ2n) is 6.59. The van der Waals surface area contributed by atoms with Crippen LogP contribution in [0.25, 0.3) is 0 Å². The van der Waals surface area contributed by atoms with Crippen LogP contribution in [0.15, 0.2) is 18.2 Å². The van der Waals surface area contributed by atoms with Crippen LogP contribution in [0, 0.1) is 11.8 Å². The van der Waals surface area contributed by atoms with Crippen molar-refractivity contribution in [2.24, 2.45) is 11.8 Å². The molecule has 0 saturated heterocycles. The van der Waals surface area contributed by atoms with Crippen LogP contribution >= 0.6 is 0 Å². The number of esters is 1. The molecule has 0 aliphatic heterocycles. The average molecular weight is 349 g/mol. The van der Waals surface area contributed by atoms with Gasteiger partial charge in [-0.1, -0.05) is 26.7 Å². The molecule has 1 amide bonds. The van der Waals surface area contributed by atoms with Crippen LogP contribution in [0.2, 0.25) is 0 Å². The van der Waals surface area contributed by atoms with E-state index in [1.807, 2.05) is 0 Å². The Balaban J connectivity index is 1.88. The molecular weight excluding hydrogens is 322 g/mol. The molecule has 0 bridgehead atoms. The first kappa shape index (κ1) is 19.1. The van der Waals surface area contributed by atoms with Crippen molar-refractivity contribution in [3.05, 3.63) is 23.8 Å². The van der Waals surface area contributed by atoms with Crippen molar-refractivity contribution in [3.63, 3.8) is 0 Å². The van der Waals surface area contributed by atoms with E-state index < -0.39 is 5.97 Å². The quantitative estimate of drug-likeness (QED) is 0.800. The molecule has 1 aromatic carbocycles. The predicted octanol–water partition coefficient (Wildman–Crippen LogP) is 2.80. The van der Waals surface area contributed by atoms with Crippen LogP contribution in [0.4, 0.5) is 0 Å². The van der Waals surface area contributed by atoms with Crippen LogP contribution in [-0.4, -0.2) is 38.7 Å². The molecule has 1 aliphatic carbocycles. The smallest absolute Gasteiger partial charge is 0.338 e. The summed E-state index contributed by atoms with van der Waals surface area (Å²) < 4.78 is 15.4. The van der Waals surface area contributed by atoms with Gasteiger partial charge in [-0.3, -0.25) is 4.79 Å². The molecule has 1 aliphatic rings. The fraction of sp³-hybridized carbons (Fsp3) is 0.579. The lowest BCUT2D eigenvalue weighted by atomic mass is 9.78. The Morgan fingerprint density at radius 2 is 1.84 bits per heavy atom. The summed E-state index contributed by atoms with van der Waals surface area (Å²) in [6, 6.07) is 4.88. The van der Waals surface area contributed by atoms with E-state index >= 15 is 0 Å². The number of hydrogen-bond donors (Lipinski definition) is 1. The number of nitrogens with one attached hydrogen (secondary N) is 1. The van der Waals surface area contributed by atoms with Crippen molar-refractivity contribution < 1.29 is 23.8 Å². The molecule has 1 fully saturated rings. The average Bonchev–Trinajstić information content (AvgIpc) is 2.62. The topological polar surface area (TPSA) is 73.9 Å². The van der Waals surface area contributed by atoms with E-state index in [4.69, 9.17) is 14.2 Å². The Hall–Kier alpha value is -2.24. The van der Waals surface area contributed by atoms with Crippen LogP contribution in [0.5, 0.6) is 11.5 Å². The molecule has 0 radical (unpaired) electrons. The van der Waals surface area contributed by atoms with E-state index in [1.165, 1.54) is 26.7 Å². The summed E-state index contributed by atoms with van der Waals surface area (Å²) in [5.41, 5.74) is 0.310. The summed E-state index contributed by atoms with van der Waals surface area (Å²) in [7, 11) is 3.01. The van der Waals surface area contributed by atoms with E-state index in [2.05, 4.69) is 19.2 Å². The Bertz CT molecular complexity index is 616. The van der Waals surface area contributed by atoms with E-state index in [0.29, 0.717) is 28.9 Å². The summed E-state index contributed by atoms with van der Waals surface area (Å²) in [5.74, 6) is 1.15. The lowest BCUT2D eigenvalue weighted by molar-refractivity contribution is -0.125. The molecule has 6 heteroatoms. The molecular formula is C19H27NO5. The maximum Gasteiger partial charge on any atom is 0.338 e. The molecule has 1 N–H and O–H groups in total. The Morgan fingerprint density at radius 1 is 1.12 bits per heavy atom. The highest BCUT2D eigenvalue weighted by Gasteiger charge is 2.28. The molecule has 1 saturated carbocycles. The highest BCUT2D eigenvalue weighted by molar-refractivity contribution is 5.92. The maximum absolute atomic E-state index is 12.1. The van der Waals surface area contributed by atoms with Gasteiger partial charge in [-0.25, -0.2) is 4.79 Å². The fourth-order valence-corrected chi connectivity index (χ4v) is 3.21.